The Morgan fingerprint density at radius 1 is 1.20 bits per heavy atom. The SMILES string of the molecule is COC(=O)C1C(C)=NC(C)=C(C(=O)OC(CCCCCc2nc(C)cs2)OS(=O)(=O)O)C1c1cccc([N+](=O)[O-])c1. The first-order valence-corrected chi connectivity index (χ1v) is 14.9. The number of non-ortho nitro benzene ring substituents is 1. The van der Waals surface area contributed by atoms with Gasteiger partial charge in [-0.15, -0.1) is 11.3 Å². The molecule has 1 aliphatic rings. The fourth-order valence-electron chi connectivity index (χ4n) is 4.65. The van der Waals surface area contributed by atoms with E-state index >= 15 is 0 Å². The maximum atomic E-state index is 13.5. The average molecular weight is 610 g/mol. The van der Waals surface area contributed by atoms with Gasteiger partial charge in [0.25, 0.3) is 5.69 Å². The number of allylic oxidation sites excluding steroid dienone is 1. The van der Waals surface area contributed by atoms with Crippen LogP contribution in [0.4, 0.5) is 5.69 Å². The third-order valence-electron chi connectivity index (χ3n) is 6.41. The molecule has 0 fully saturated rings. The van der Waals surface area contributed by atoms with E-state index in [1.54, 1.807) is 18.3 Å². The van der Waals surface area contributed by atoms with Crippen LogP contribution in [0.15, 0.2) is 45.9 Å². The van der Waals surface area contributed by atoms with Crippen molar-refractivity contribution in [2.24, 2.45) is 10.9 Å². The molecule has 0 radical (unpaired) electrons. The molecule has 3 atom stereocenters. The summed E-state index contributed by atoms with van der Waals surface area (Å²) >= 11 is 1.55. The Hall–Kier alpha value is -3.53. The van der Waals surface area contributed by atoms with Crippen molar-refractivity contribution in [3.05, 3.63) is 67.3 Å². The summed E-state index contributed by atoms with van der Waals surface area (Å²) in [5, 5.41) is 14.4. The van der Waals surface area contributed by atoms with Crippen molar-refractivity contribution in [2.75, 3.05) is 7.11 Å². The summed E-state index contributed by atoms with van der Waals surface area (Å²) < 4.78 is 47.4. The fourth-order valence-corrected chi connectivity index (χ4v) is 5.88. The quantitative estimate of drug-likeness (QED) is 0.0843. The number of ether oxygens (including phenoxy) is 2. The first-order chi connectivity index (χ1) is 19.3. The van der Waals surface area contributed by atoms with Crippen LogP contribution in [0.3, 0.4) is 0 Å². The second-order valence-corrected chi connectivity index (χ2v) is 11.4. The Morgan fingerprint density at radius 3 is 2.54 bits per heavy atom. The Kier molecular flexibility index (Phi) is 10.8. The average Bonchev–Trinajstić information content (AvgIpc) is 3.31. The molecule has 0 saturated carbocycles. The van der Waals surface area contributed by atoms with Gasteiger partial charge >= 0.3 is 22.3 Å². The van der Waals surface area contributed by atoms with Gasteiger partial charge in [-0.1, -0.05) is 18.6 Å². The van der Waals surface area contributed by atoms with E-state index in [1.807, 2.05) is 12.3 Å². The molecule has 1 aliphatic heterocycles. The summed E-state index contributed by atoms with van der Waals surface area (Å²) in [7, 11) is -3.83. The van der Waals surface area contributed by atoms with Crippen molar-refractivity contribution in [1.29, 1.82) is 0 Å². The number of aliphatic imine (C=N–C) groups is 1. The fraction of sp³-hybridized carbons (Fsp3) is 0.462. The molecule has 1 aromatic carbocycles. The standard InChI is InChI=1S/C26H31N3O10S2/c1-15-14-40-20(27-15)11-6-5-7-12-21(39-41(34,35)36)38-26(31)23-17(3)28-16(2)22(25(30)37-4)24(23)18-9-8-10-19(13-18)29(32)33/h8-10,13-14,21-22,24H,5-7,11-12H2,1-4H3,(H,34,35,36). The molecule has 15 heteroatoms. The number of thiazole rings is 1. The van der Waals surface area contributed by atoms with Crippen LogP contribution in [0.1, 0.15) is 61.7 Å². The molecule has 222 valence electrons. The molecule has 13 nitrogen and oxygen atoms in total. The maximum Gasteiger partial charge on any atom is 0.400 e. The predicted octanol–water partition coefficient (Wildman–Crippen LogP) is 4.47. The van der Waals surface area contributed by atoms with Gasteiger partial charge in [0.15, 0.2) is 0 Å². The monoisotopic (exact) mass is 609 g/mol. The summed E-state index contributed by atoms with van der Waals surface area (Å²) in [5.41, 5.74) is 1.26. The summed E-state index contributed by atoms with van der Waals surface area (Å²) in [6, 6.07) is 5.43. The minimum Gasteiger partial charge on any atom is -0.468 e. The predicted molar refractivity (Wildman–Crippen MR) is 149 cm³/mol. The lowest BCUT2D eigenvalue weighted by molar-refractivity contribution is -0.384. The van der Waals surface area contributed by atoms with Crippen LogP contribution in [0, 0.1) is 23.0 Å². The van der Waals surface area contributed by atoms with Crippen LogP contribution in [-0.2, 0) is 40.1 Å². The largest absolute Gasteiger partial charge is 0.468 e. The number of hydrogen-bond donors (Lipinski definition) is 1. The van der Waals surface area contributed by atoms with E-state index < -0.39 is 45.4 Å². The number of carbonyl (C=O) groups is 2. The zero-order valence-electron chi connectivity index (χ0n) is 22.9. The van der Waals surface area contributed by atoms with E-state index in [0.29, 0.717) is 18.6 Å². The van der Waals surface area contributed by atoms with Crippen molar-refractivity contribution < 1.29 is 41.1 Å². The summed E-state index contributed by atoms with van der Waals surface area (Å²) in [6.07, 6.45) is 0.770. The molecule has 0 bridgehead atoms. The lowest BCUT2D eigenvalue weighted by atomic mass is 9.75. The molecular weight excluding hydrogens is 578 g/mol. The second-order valence-electron chi connectivity index (χ2n) is 9.42. The van der Waals surface area contributed by atoms with Gasteiger partial charge in [0, 0.05) is 47.0 Å². The molecule has 0 amide bonds. The van der Waals surface area contributed by atoms with Gasteiger partial charge in [0.2, 0.25) is 6.29 Å². The minimum absolute atomic E-state index is 0.0566. The zero-order chi connectivity index (χ0) is 30.3. The number of nitrogens with zero attached hydrogens (tertiary/aromatic N) is 3. The number of methoxy groups -OCH3 is 1. The van der Waals surface area contributed by atoms with Crippen molar-refractivity contribution in [3.63, 3.8) is 0 Å². The summed E-state index contributed by atoms with van der Waals surface area (Å²) in [6.45, 7) is 4.96. The first-order valence-electron chi connectivity index (χ1n) is 12.7. The highest BCUT2D eigenvalue weighted by Gasteiger charge is 2.43. The van der Waals surface area contributed by atoms with Gasteiger partial charge in [0.1, 0.15) is 5.92 Å². The highest BCUT2D eigenvalue weighted by molar-refractivity contribution is 7.80. The molecule has 3 unspecified atom stereocenters. The summed E-state index contributed by atoms with van der Waals surface area (Å²) in [4.78, 5) is 45.9. The molecule has 2 aromatic rings. The van der Waals surface area contributed by atoms with E-state index in [9.17, 15) is 32.7 Å². The van der Waals surface area contributed by atoms with E-state index in [4.69, 9.17) is 9.47 Å². The van der Waals surface area contributed by atoms with Crippen molar-refractivity contribution in [1.82, 2.24) is 4.98 Å². The van der Waals surface area contributed by atoms with Gasteiger partial charge in [-0.3, -0.25) is 24.5 Å². The van der Waals surface area contributed by atoms with Crippen molar-refractivity contribution in [2.45, 2.75) is 65.1 Å². The van der Waals surface area contributed by atoms with E-state index in [2.05, 4.69) is 14.2 Å². The van der Waals surface area contributed by atoms with Gasteiger partial charge in [-0.25, -0.2) is 14.0 Å². The Morgan fingerprint density at radius 2 is 1.93 bits per heavy atom. The van der Waals surface area contributed by atoms with Crippen molar-refractivity contribution >= 4 is 45.1 Å². The number of benzene rings is 1. The molecule has 41 heavy (non-hydrogen) atoms. The number of esters is 2. The summed E-state index contributed by atoms with van der Waals surface area (Å²) in [5.74, 6) is -4.01. The van der Waals surface area contributed by atoms with Crippen LogP contribution in [0.2, 0.25) is 0 Å². The number of hydrogen-bond acceptors (Lipinski definition) is 12. The molecule has 3 rings (SSSR count). The molecule has 0 saturated heterocycles. The molecule has 0 spiro atoms. The molecule has 2 heterocycles. The topological polar surface area (TPSA) is 185 Å². The Bertz CT molecular complexity index is 1470. The zero-order valence-corrected chi connectivity index (χ0v) is 24.6. The number of carbonyl (C=O) groups excluding carboxylic acids is 2. The highest BCUT2D eigenvalue weighted by Crippen LogP contribution is 2.41. The molecule has 1 N–H and O–H groups in total. The normalized spacial score (nSPS) is 18.0. The van der Waals surface area contributed by atoms with Gasteiger partial charge < -0.3 is 9.47 Å². The lowest BCUT2D eigenvalue weighted by Crippen LogP contribution is -2.37. The first kappa shape index (κ1) is 32.0. The number of aromatic nitrogens is 1. The second kappa shape index (κ2) is 13.9. The van der Waals surface area contributed by atoms with Crippen LogP contribution in [0.25, 0.3) is 0 Å². The smallest absolute Gasteiger partial charge is 0.400 e. The third-order valence-corrected chi connectivity index (χ3v) is 7.89. The lowest BCUT2D eigenvalue weighted by Gasteiger charge is -2.31. The maximum absolute atomic E-state index is 13.5. The van der Waals surface area contributed by atoms with Crippen LogP contribution in [-0.4, -0.2) is 53.9 Å². The van der Waals surface area contributed by atoms with Crippen LogP contribution in [0.5, 0.6) is 0 Å². The number of aryl methyl sites for hydroxylation is 2. The van der Waals surface area contributed by atoms with E-state index in [0.717, 1.165) is 30.7 Å². The third kappa shape index (κ3) is 8.73. The highest BCUT2D eigenvalue weighted by atomic mass is 32.3. The Balaban J connectivity index is 1.86. The van der Waals surface area contributed by atoms with E-state index in [-0.39, 0.29) is 28.9 Å². The number of nitro benzene ring substituents is 1. The van der Waals surface area contributed by atoms with Gasteiger partial charge in [0.05, 0.1) is 22.6 Å². The number of rotatable bonds is 13. The number of nitro groups is 1. The minimum atomic E-state index is -4.99. The van der Waals surface area contributed by atoms with Crippen LogP contribution < -0.4 is 0 Å². The molecule has 0 aliphatic carbocycles. The van der Waals surface area contributed by atoms with Gasteiger partial charge in [-0.2, -0.15) is 8.42 Å². The van der Waals surface area contributed by atoms with Crippen LogP contribution >= 0.6 is 11.3 Å². The molecule has 1 aromatic heterocycles. The Labute approximate surface area is 241 Å². The number of unbranched alkanes of at least 4 members (excludes halogenated alkanes) is 2. The molecular formula is C26H31N3O10S2. The van der Waals surface area contributed by atoms with Gasteiger partial charge in [-0.05, 0) is 45.6 Å². The van der Waals surface area contributed by atoms with Crippen molar-refractivity contribution in [3.8, 4) is 0 Å². The van der Waals surface area contributed by atoms with E-state index in [1.165, 1.54) is 31.2 Å².